The Bertz CT molecular complexity index is 851. The van der Waals surface area contributed by atoms with E-state index in [1.54, 1.807) is 4.57 Å². The predicted octanol–water partition coefficient (Wildman–Crippen LogP) is 1.16. The zero-order valence-corrected chi connectivity index (χ0v) is 12.9. The first-order chi connectivity index (χ1) is 10.7. The third kappa shape index (κ3) is 2.10. The summed E-state index contributed by atoms with van der Waals surface area (Å²) < 4.78 is 2.02. The molecule has 0 bridgehead atoms. The Morgan fingerprint density at radius 3 is 2.86 bits per heavy atom. The lowest BCUT2D eigenvalue weighted by molar-refractivity contribution is -0.690. The molecular weight excluding hydrogens is 298 g/mol. The van der Waals surface area contributed by atoms with Crippen molar-refractivity contribution in [2.24, 2.45) is 0 Å². The van der Waals surface area contributed by atoms with Gasteiger partial charge in [0.1, 0.15) is 11.6 Å². The largest absolute Gasteiger partial charge is 0.494 e. The lowest BCUT2D eigenvalue weighted by atomic mass is 9.91. The van der Waals surface area contributed by atoms with Crippen LogP contribution in [0.4, 0.5) is 0 Å². The van der Waals surface area contributed by atoms with Crippen molar-refractivity contribution in [2.75, 3.05) is 6.54 Å². The second kappa shape index (κ2) is 5.07. The zero-order chi connectivity index (χ0) is 15.3. The summed E-state index contributed by atoms with van der Waals surface area (Å²) in [6, 6.07) is 8.18. The topological polar surface area (TPSA) is 74.6 Å². The van der Waals surface area contributed by atoms with E-state index in [9.17, 15) is 9.90 Å². The molecule has 1 aliphatic heterocycles. The van der Waals surface area contributed by atoms with Crippen molar-refractivity contribution in [3.63, 3.8) is 0 Å². The molecule has 2 heterocycles. The smallest absolute Gasteiger partial charge is 0.265 e. The Kier molecular flexibility index (Phi) is 3.16. The van der Waals surface area contributed by atoms with E-state index in [-0.39, 0.29) is 23.5 Å². The fourth-order valence-corrected chi connectivity index (χ4v) is 3.70. The van der Waals surface area contributed by atoms with E-state index in [4.69, 9.17) is 12.2 Å². The van der Waals surface area contributed by atoms with Crippen LogP contribution in [0.3, 0.4) is 0 Å². The summed E-state index contributed by atoms with van der Waals surface area (Å²) in [6.45, 7) is 0.902. The molecule has 6 heteroatoms. The molecule has 0 saturated heterocycles. The number of aromatic nitrogens is 2. The first kappa shape index (κ1) is 13.7. The van der Waals surface area contributed by atoms with E-state index < -0.39 is 0 Å². The highest BCUT2D eigenvalue weighted by atomic mass is 32.1. The van der Waals surface area contributed by atoms with Crippen LogP contribution in [0.2, 0.25) is 0 Å². The van der Waals surface area contributed by atoms with Gasteiger partial charge >= 0.3 is 0 Å². The number of aromatic amines is 1. The average molecular weight is 316 g/mol. The number of nitrogens with two attached hydrogens (primary N) is 1. The van der Waals surface area contributed by atoms with Crippen molar-refractivity contribution in [1.82, 2.24) is 9.55 Å². The van der Waals surface area contributed by atoms with Crippen LogP contribution < -0.4 is 10.9 Å². The second-order valence-corrected chi connectivity index (χ2v) is 6.44. The number of fused-ring (bicyclic) bond motifs is 1. The number of aromatic hydroxyl groups is 1. The second-order valence-electron chi connectivity index (χ2n) is 6.05. The van der Waals surface area contributed by atoms with Gasteiger partial charge in [0.2, 0.25) is 5.88 Å². The molecule has 1 aromatic carbocycles. The number of H-pyrrole nitrogens is 1. The van der Waals surface area contributed by atoms with Crippen molar-refractivity contribution in [2.45, 2.75) is 31.3 Å². The lowest BCUT2D eigenvalue weighted by Gasteiger charge is -2.24. The van der Waals surface area contributed by atoms with E-state index in [1.165, 1.54) is 5.56 Å². The van der Waals surface area contributed by atoms with E-state index in [0.717, 1.165) is 31.4 Å². The molecule has 0 spiro atoms. The molecule has 114 valence electrons. The normalized spacial score (nSPS) is 20.6. The third-order valence-electron chi connectivity index (χ3n) is 4.58. The molecule has 0 unspecified atom stereocenters. The highest BCUT2D eigenvalue weighted by molar-refractivity contribution is 7.71. The summed E-state index contributed by atoms with van der Waals surface area (Å²) in [5, 5.41) is 12.8. The highest BCUT2D eigenvalue weighted by Crippen LogP contribution is 2.39. The van der Waals surface area contributed by atoms with Crippen molar-refractivity contribution < 1.29 is 10.4 Å². The molecule has 1 saturated carbocycles. The maximum atomic E-state index is 12.4. The predicted molar refractivity (Wildman–Crippen MR) is 84.6 cm³/mol. The fraction of sp³-hybridized carbons (Fsp3) is 0.375. The Morgan fingerprint density at radius 2 is 2.09 bits per heavy atom. The third-order valence-corrected chi connectivity index (χ3v) is 4.88. The Hall–Kier alpha value is -1.92. The van der Waals surface area contributed by atoms with Crippen molar-refractivity contribution >= 4 is 12.2 Å². The molecule has 0 amide bonds. The minimum absolute atomic E-state index is 0.0363. The molecule has 1 fully saturated rings. The lowest BCUT2D eigenvalue weighted by Crippen LogP contribution is -2.87. The Morgan fingerprint density at radius 1 is 1.32 bits per heavy atom. The SMILES string of the molecule is O=c1[nH]c(=S)n(C2CC2)c(O)c1[C@@H]1[NH2+]CCc2ccccc21. The summed E-state index contributed by atoms with van der Waals surface area (Å²) in [6.07, 6.45) is 2.98. The highest BCUT2D eigenvalue weighted by Gasteiger charge is 2.34. The van der Waals surface area contributed by atoms with Crippen LogP contribution in [0, 0.1) is 4.77 Å². The molecule has 1 aliphatic carbocycles. The fourth-order valence-electron chi connectivity index (χ4n) is 3.38. The first-order valence-corrected chi connectivity index (χ1v) is 8.06. The summed E-state index contributed by atoms with van der Waals surface area (Å²) in [5.41, 5.74) is 2.49. The van der Waals surface area contributed by atoms with Gasteiger partial charge in [-0.2, -0.15) is 0 Å². The van der Waals surface area contributed by atoms with Gasteiger partial charge in [0.15, 0.2) is 4.77 Å². The van der Waals surface area contributed by atoms with Gasteiger partial charge < -0.3 is 10.4 Å². The summed E-state index contributed by atoms with van der Waals surface area (Å²) in [4.78, 5) is 15.2. The van der Waals surface area contributed by atoms with E-state index >= 15 is 0 Å². The average Bonchev–Trinajstić information content (AvgIpc) is 3.32. The molecule has 2 aromatic rings. The van der Waals surface area contributed by atoms with Gasteiger partial charge in [-0.3, -0.25) is 14.3 Å². The maximum Gasteiger partial charge on any atom is 0.265 e. The quantitative estimate of drug-likeness (QED) is 0.728. The standard InChI is InChI=1S/C16H17N3O2S/c20-14-12(15(21)19(10-5-6-10)16(22)18-14)13-11-4-2-1-3-9(11)7-8-17-13/h1-4,10,13,17,21H,5-8H2,(H,18,20,22)/p+1/t13-/m1/s1. The maximum absolute atomic E-state index is 12.4. The molecule has 22 heavy (non-hydrogen) atoms. The van der Waals surface area contributed by atoms with Crippen LogP contribution in [0.1, 0.15) is 41.6 Å². The van der Waals surface area contributed by atoms with Crippen molar-refractivity contribution in [3.05, 3.63) is 56.1 Å². The van der Waals surface area contributed by atoms with Gasteiger partial charge in [0, 0.05) is 18.0 Å². The molecule has 4 rings (SSSR count). The number of hydrogen-bond donors (Lipinski definition) is 3. The molecule has 5 nitrogen and oxygen atoms in total. The minimum atomic E-state index is -0.280. The Balaban J connectivity index is 1.93. The molecule has 2 aliphatic rings. The molecule has 1 aromatic heterocycles. The van der Waals surface area contributed by atoms with Crippen LogP contribution in [-0.4, -0.2) is 21.2 Å². The monoisotopic (exact) mass is 316 g/mol. The summed E-state index contributed by atoms with van der Waals surface area (Å²) in [5.74, 6) is 0.0363. The van der Waals surface area contributed by atoms with Crippen LogP contribution in [0.25, 0.3) is 0 Å². The molecular formula is C16H18N3O2S+. The number of rotatable bonds is 2. The Labute approximate surface area is 132 Å². The van der Waals surface area contributed by atoms with Gasteiger partial charge in [-0.05, 0) is 30.6 Å². The number of hydrogen-bond acceptors (Lipinski definition) is 3. The molecule has 4 N–H and O–H groups in total. The van der Waals surface area contributed by atoms with Crippen molar-refractivity contribution in [1.29, 1.82) is 0 Å². The summed E-state index contributed by atoms with van der Waals surface area (Å²) in [7, 11) is 0. The number of nitrogens with zero attached hydrogens (tertiary/aromatic N) is 1. The minimum Gasteiger partial charge on any atom is -0.494 e. The van der Waals surface area contributed by atoms with E-state index in [0.29, 0.717) is 10.3 Å². The van der Waals surface area contributed by atoms with Crippen LogP contribution >= 0.6 is 12.2 Å². The van der Waals surface area contributed by atoms with E-state index in [2.05, 4.69) is 16.4 Å². The van der Waals surface area contributed by atoms with Gasteiger partial charge in [0.05, 0.1) is 6.54 Å². The molecule has 0 radical (unpaired) electrons. The van der Waals surface area contributed by atoms with Crippen molar-refractivity contribution in [3.8, 4) is 5.88 Å². The van der Waals surface area contributed by atoms with Gasteiger partial charge in [-0.15, -0.1) is 0 Å². The number of quaternary nitrogens is 1. The first-order valence-electron chi connectivity index (χ1n) is 7.65. The van der Waals surface area contributed by atoms with Crippen LogP contribution in [0.5, 0.6) is 5.88 Å². The summed E-state index contributed by atoms with van der Waals surface area (Å²) >= 11 is 5.22. The van der Waals surface area contributed by atoms with Crippen LogP contribution in [0.15, 0.2) is 29.1 Å². The number of nitrogens with one attached hydrogen (secondary N) is 1. The molecule has 1 atom stereocenters. The zero-order valence-electron chi connectivity index (χ0n) is 12.1. The van der Waals surface area contributed by atoms with E-state index in [1.807, 2.05) is 18.2 Å². The number of benzene rings is 1. The van der Waals surface area contributed by atoms with Crippen LogP contribution in [-0.2, 0) is 6.42 Å². The van der Waals surface area contributed by atoms with Gasteiger partial charge in [-0.25, -0.2) is 0 Å². The van der Waals surface area contributed by atoms with Gasteiger partial charge in [-0.1, -0.05) is 24.3 Å². The van der Waals surface area contributed by atoms with Gasteiger partial charge in [0.25, 0.3) is 5.56 Å².